The van der Waals surface area contributed by atoms with E-state index in [9.17, 15) is 4.79 Å². The van der Waals surface area contributed by atoms with E-state index in [1.54, 1.807) is 12.1 Å². The summed E-state index contributed by atoms with van der Waals surface area (Å²) in [5, 5.41) is 4.13. The van der Waals surface area contributed by atoms with Gasteiger partial charge in [0.25, 0.3) is 0 Å². The van der Waals surface area contributed by atoms with Crippen molar-refractivity contribution >= 4 is 46.4 Å². The molecular formula is C27H26BrO2P. The van der Waals surface area contributed by atoms with Gasteiger partial charge in [0.15, 0.2) is 0 Å². The van der Waals surface area contributed by atoms with E-state index in [4.69, 9.17) is 4.74 Å². The van der Waals surface area contributed by atoms with Gasteiger partial charge >= 0.3 is 178 Å². The van der Waals surface area contributed by atoms with E-state index in [1.165, 1.54) is 15.9 Å². The minimum absolute atomic E-state index is 0. The van der Waals surface area contributed by atoms with Crippen molar-refractivity contribution in [1.29, 1.82) is 0 Å². The molecular weight excluding hydrogens is 467 g/mol. The van der Waals surface area contributed by atoms with Gasteiger partial charge < -0.3 is 0 Å². The van der Waals surface area contributed by atoms with Crippen molar-refractivity contribution < 1.29 is 9.53 Å². The van der Waals surface area contributed by atoms with Gasteiger partial charge in [-0.1, -0.05) is 0 Å². The molecule has 4 rings (SSSR count). The molecule has 0 fully saturated rings. The third kappa shape index (κ3) is 5.12. The summed E-state index contributed by atoms with van der Waals surface area (Å²) in [7, 11) is -2.28. The second-order valence-corrected chi connectivity index (χ2v) is 11.3. The standard InChI is InChI=1S/C27H25O2P.BrH/c28-22-23-16-18-24(19-17-23)29-20-21-30(25-10-4-1-5-11-25,26-12-6-2-7-13-26)27-14-8-3-9-15-27;/h1-19,22,30H,20-21H2;1H. The Balaban J connectivity index is 0.00000272. The van der Waals surface area contributed by atoms with Gasteiger partial charge in [-0.05, 0) is 0 Å². The number of benzene rings is 4. The van der Waals surface area contributed by atoms with Crippen molar-refractivity contribution in [3.8, 4) is 5.75 Å². The SMILES string of the molecule is Br.O=Cc1ccc(OCC[PH](c2ccccc2)(c2ccccc2)c2ccccc2)cc1. The first-order valence-corrected chi connectivity index (χ1v) is 12.4. The van der Waals surface area contributed by atoms with Gasteiger partial charge in [0.1, 0.15) is 0 Å². The first kappa shape index (κ1) is 22.9. The van der Waals surface area contributed by atoms with Gasteiger partial charge in [-0.3, -0.25) is 0 Å². The molecule has 4 aromatic carbocycles. The fourth-order valence-corrected chi connectivity index (χ4v) is 8.62. The first-order valence-electron chi connectivity index (χ1n) is 10.2. The van der Waals surface area contributed by atoms with E-state index in [0.717, 1.165) is 18.2 Å². The molecule has 0 saturated carbocycles. The third-order valence-electron chi connectivity index (χ3n) is 5.56. The van der Waals surface area contributed by atoms with Gasteiger partial charge in [0.2, 0.25) is 0 Å². The Kier molecular flexibility index (Phi) is 8.17. The maximum absolute atomic E-state index is 10.9. The van der Waals surface area contributed by atoms with Crippen LogP contribution in [0.1, 0.15) is 10.4 Å². The molecule has 0 N–H and O–H groups in total. The zero-order chi connectivity index (χ0) is 20.7. The van der Waals surface area contributed by atoms with E-state index < -0.39 is 7.26 Å². The summed E-state index contributed by atoms with van der Waals surface area (Å²) in [5.41, 5.74) is 0.656. The molecule has 0 aliphatic heterocycles. The molecule has 0 aromatic heterocycles. The van der Waals surface area contributed by atoms with Crippen LogP contribution in [-0.4, -0.2) is 19.1 Å². The van der Waals surface area contributed by atoms with Crippen LogP contribution in [0.5, 0.6) is 5.75 Å². The molecule has 0 bridgehead atoms. The summed E-state index contributed by atoms with van der Waals surface area (Å²) in [6, 6.07) is 39.8. The molecule has 31 heavy (non-hydrogen) atoms. The predicted molar refractivity (Wildman–Crippen MR) is 139 cm³/mol. The molecule has 0 unspecified atom stereocenters. The molecule has 0 amide bonds. The number of halogens is 1. The van der Waals surface area contributed by atoms with Gasteiger partial charge in [-0.2, -0.15) is 0 Å². The second-order valence-electron chi connectivity index (χ2n) is 7.29. The van der Waals surface area contributed by atoms with E-state index in [2.05, 4.69) is 91.0 Å². The predicted octanol–water partition coefficient (Wildman–Crippen LogP) is 5.18. The van der Waals surface area contributed by atoms with Crippen LogP contribution < -0.4 is 20.7 Å². The van der Waals surface area contributed by atoms with Crippen LogP contribution in [0, 0.1) is 0 Å². The molecule has 2 nitrogen and oxygen atoms in total. The molecule has 4 aromatic rings. The van der Waals surface area contributed by atoms with Crippen LogP contribution in [0.4, 0.5) is 0 Å². The molecule has 0 radical (unpaired) electrons. The average Bonchev–Trinajstić information content (AvgIpc) is 2.84. The van der Waals surface area contributed by atoms with Crippen molar-refractivity contribution in [1.82, 2.24) is 0 Å². The number of hydrogen-bond donors (Lipinski definition) is 0. The Hall–Kier alpha value is -2.74. The van der Waals surface area contributed by atoms with Crippen LogP contribution in [0.15, 0.2) is 115 Å². The zero-order valence-electron chi connectivity index (χ0n) is 17.2. The van der Waals surface area contributed by atoms with Crippen LogP contribution in [0.3, 0.4) is 0 Å². The van der Waals surface area contributed by atoms with Gasteiger partial charge in [-0.25, -0.2) is 0 Å². The van der Waals surface area contributed by atoms with Crippen LogP contribution in [0.25, 0.3) is 0 Å². The molecule has 0 spiro atoms. The van der Waals surface area contributed by atoms with E-state index >= 15 is 0 Å². The number of carbonyl (C=O) groups excluding carboxylic acids is 1. The van der Waals surface area contributed by atoms with Crippen molar-refractivity contribution in [3.63, 3.8) is 0 Å². The second kappa shape index (κ2) is 11.0. The minimum atomic E-state index is -2.28. The number of aldehydes is 1. The molecule has 4 heteroatoms. The van der Waals surface area contributed by atoms with E-state index in [1.807, 2.05) is 12.1 Å². The molecule has 0 heterocycles. The van der Waals surface area contributed by atoms with E-state index in [0.29, 0.717) is 12.2 Å². The normalized spacial score (nSPS) is 11.2. The molecule has 0 aliphatic rings. The Morgan fingerprint density at radius 2 is 1.03 bits per heavy atom. The quantitative estimate of drug-likeness (QED) is 0.250. The Morgan fingerprint density at radius 1 is 0.613 bits per heavy atom. The van der Waals surface area contributed by atoms with Crippen LogP contribution in [-0.2, 0) is 0 Å². The Labute approximate surface area is 195 Å². The molecule has 0 atom stereocenters. The number of rotatable bonds is 8. The number of ether oxygens (including phenoxy) is 1. The fourth-order valence-electron chi connectivity index (χ4n) is 4.07. The summed E-state index contributed by atoms with van der Waals surface area (Å²) in [5.74, 6) is 0.790. The summed E-state index contributed by atoms with van der Waals surface area (Å²) >= 11 is 0. The van der Waals surface area contributed by atoms with Gasteiger partial charge in [0.05, 0.1) is 0 Å². The maximum atomic E-state index is 10.9. The van der Waals surface area contributed by atoms with Gasteiger partial charge in [0, 0.05) is 0 Å². The average molecular weight is 493 g/mol. The van der Waals surface area contributed by atoms with Gasteiger partial charge in [-0.15, -0.1) is 17.0 Å². The third-order valence-corrected chi connectivity index (χ3v) is 10.5. The fraction of sp³-hybridized carbons (Fsp3) is 0.0741. The van der Waals surface area contributed by atoms with Crippen LogP contribution in [0.2, 0.25) is 0 Å². The first-order chi connectivity index (χ1) is 14.8. The Bertz CT molecular complexity index is 972. The summed E-state index contributed by atoms with van der Waals surface area (Å²) < 4.78 is 6.14. The van der Waals surface area contributed by atoms with E-state index in [-0.39, 0.29) is 17.0 Å². The summed E-state index contributed by atoms with van der Waals surface area (Å²) in [4.78, 5) is 10.9. The molecule has 158 valence electrons. The van der Waals surface area contributed by atoms with Crippen molar-refractivity contribution in [2.45, 2.75) is 0 Å². The van der Waals surface area contributed by atoms with Crippen molar-refractivity contribution in [2.24, 2.45) is 0 Å². The van der Waals surface area contributed by atoms with Crippen molar-refractivity contribution in [2.75, 3.05) is 12.8 Å². The number of hydrogen-bond acceptors (Lipinski definition) is 2. The number of carbonyl (C=O) groups is 1. The zero-order valence-corrected chi connectivity index (χ0v) is 19.9. The monoisotopic (exact) mass is 492 g/mol. The summed E-state index contributed by atoms with van der Waals surface area (Å²) in [6.07, 6.45) is 1.77. The van der Waals surface area contributed by atoms with Crippen molar-refractivity contribution in [3.05, 3.63) is 121 Å². The topological polar surface area (TPSA) is 26.3 Å². The van der Waals surface area contributed by atoms with Crippen LogP contribution >= 0.6 is 24.2 Å². The molecule has 0 aliphatic carbocycles. The molecule has 0 saturated heterocycles. The Morgan fingerprint density at radius 3 is 1.42 bits per heavy atom. The summed E-state index contributed by atoms with van der Waals surface area (Å²) in [6.45, 7) is 0.603.